The molecule has 0 fully saturated rings. The number of carboxylic acids is 1. The van der Waals surface area contributed by atoms with Crippen molar-refractivity contribution in [3.05, 3.63) is 34.3 Å². The Morgan fingerprint density at radius 2 is 1.88 bits per heavy atom. The highest BCUT2D eigenvalue weighted by molar-refractivity contribution is 6.30. The average molecular weight is 260 g/mol. The Morgan fingerprint density at radius 3 is 2.35 bits per heavy atom. The summed E-state index contributed by atoms with van der Waals surface area (Å²) in [6.45, 7) is 0. The first-order valence-corrected chi connectivity index (χ1v) is 4.90. The molecule has 6 nitrogen and oxygen atoms in total. The molecule has 5 N–H and O–H groups in total. The van der Waals surface area contributed by atoms with E-state index < -0.39 is 24.1 Å². The number of amides is 1. The average Bonchev–Trinajstić information content (AvgIpc) is 2.26. The molecule has 2 unspecified atom stereocenters. The molecule has 0 saturated carbocycles. The van der Waals surface area contributed by atoms with E-state index in [1.807, 2.05) is 0 Å². The number of carboxylic acid groups (broad SMARTS) is 1. The van der Waals surface area contributed by atoms with Gasteiger partial charge in [-0.1, -0.05) is 11.6 Å². The predicted octanol–water partition coefficient (Wildman–Crippen LogP) is -0.0822. The van der Waals surface area contributed by atoms with E-state index in [0.717, 1.165) is 12.1 Å². The maximum atomic E-state index is 10.9. The van der Waals surface area contributed by atoms with Crippen LogP contribution in [0.3, 0.4) is 0 Å². The van der Waals surface area contributed by atoms with Gasteiger partial charge < -0.3 is 21.1 Å². The maximum absolute atomic E-state index is 10.9. The lowest BCUT2D eigenvalue weighted by molar-refractivity contribution is -0.132. The van der Waals surface area contributed by atoms with Crippen LogP contribution in [0.1, 0.15) is 22.0 Å². The molecule has 0 aliphatic carbocycles. The highest BCUT2D eigenvalue weighted by atomic mass is 35.5. The zero-order chi connectivity index (χ0) is 13.2. The van der Waals surface area contributed by atoms with Gasteiger partial charge in [-0.15, -0.1) is 0 Å². The summed E-state index contributed by atoms with van der Waals surface area (Å²) in [5, 5.41) is 28.0. The van der Waals surface area contributed by atoms with Crippen molar-refractivity contribution in [3.8, 4) is 0 Å². The fraction of sp³-hybridized carbons (Fsp3) is 0.200. The number of nitrogens with two attached hydrogens (primary N) is 1. The van der Waals surface area contributed by atoms with Crippen LogP contribution in [-0.4, -0.2) is 33.3 Å². The molecule has 0 heterocycles. The van der Waals surface area contributed by atoms with Gasteiger partial charge in [-0.25, -0.2) is 4.79 Å². The normalized spacial score (nSPS) is 14.1. The molecule has 1 aromatic carbocycles. The monoisotopic (exact) mass is 259 g/mol. The Morgan fingerprint density at radius 1 is 1.29 bits per heavy atom. The quantitative estimate of drug-likeness (QED) is 0.602. The molecular formula is C10H10ClNO5. The van der Waals surface area contributed by atoms with Crippen molar-refractivity contribution in [1.29, 1.82) is 0 Å². The van der Waals surface area contributed by atoms with Crippen LogP contribution < -0.4 is 5.73 Å². The molecule has 0 aliphatic heterocycles. The molecule has 2 atom stereocenters. The van der Waals surface area contributed by atoms with E-state index in [9.17, 15) is 19.8 Å². The number of halogens is 1. The van der Waals surface area contributed by atoms with Gasteiger partial charge in [-0.3, -0.25) is 4.79 Å². The molecule has 0 bridgehead atoms. The zero-order valence-electron chi connectivity index (χ0n) is 8.50. The molecule has 0 spiro atoms. The highest BCUT2D eigenvalue weighted by Crippen LogP contribution is 2.25. The van der Waals surface area contributed by atoms with Crippen LogP contribution in [0.5, 0.6) is 0 Å². The molecule has 0 aromatic heterocycles. The molecule has 1 aromatic rings. The number of carbonyl (C=O) groups excluding carboxylic acids is 1. The molecule has 92 valence electrons. The van der Waals surface area contributed by atoms with Gasteiger partial charge in [0.05, 0.1) is 5.56 Å². The van der Waals surface area contributed by atoms with E-state index in [0.29, 0.717) is 0 Å². The van der Waals surface area contributed by atoms with E-state index in [1.54, 1.807) is 0 Å². The Kier molecular flexibility index (Phi) is 4.06. The van der Waals surface area contributed by atoms with Crippen molar-refractivity contribution >= 4 is 23.5 Å². The molecule has 0 radical (unpaired) electrons. The lowest BCUT2D eigenvalue weighted by Gasteiger charge is -2.17. The van der Waals surface area contributed by atoms with E-state index in [2.05, 4.69) is 0 Å². The van der Waals surface area contributed by atoms with Gasteiger partial charge in [-0.05, 0) is 23.8 Å². The van der Waals surface area contributed by atoms with E-state index in [4.69, 9.17) is 22.4 Å². The fourth-order valence-corrected chi connectivity index (χ4v) is 1.48. The number of aliphatic hydroxyl groups excluding tert-OH is 2. The van der Waals surface area contributed by atoms with Crippen molar-refractivity contribution < 1.29 is 24.9 Å². The standard InChI is InChI=1S/C10H10ClNO5/c11-4-1-2-5(10(16)17)6(3-4)7(13)8(14)9(12)15/h1-3,7-8,13-14H,(H2,12,15)(H,16,17). The summed E-state index contributed by atoms with van der Waals surface area (Å²) in [4.78, 5) is 21.6. The Balaban J connectivity index is 3.23. The van der Waals surface area contributed by atoms with Crippen LogP contribution in [0.25, 0.3) is 0 Å². The summed E-state index contributed by atoms with van der Waals surface area (Å²) in [5.41, 5.74) is 4.38. The highest BCUT2D eigenvalue weighted by Gasteiger charge is 2.27. The Hall–Kier alpha value is -1.63. The van der Waals surface area contributed by atoms with Crippen molar-refractivity contribution in [2.45, 2.75) is 12.2 Å². The van der Waals surface area contributed by atoms with Crippen LogP contribution in [0, 0.1) is 0 Å². The van der Waals surface area contributed by atoms with Gasteiger partial charge in [0.15, 0.2) is 6.10 Å². The maximum Gasteiger partial charge on any atom is 0.336 e. The van der Waals surface area contributed by atoms with Crippen LogP contribution in [0.15, 0.2) is 18.2 Å². The summed E-state index contributed by atoms with van der Waals surface area (Å²) in [5.74, 6) is -2.47. The minimum absolute atomic E-state index is 0.167. The number of aromatic carboxylic acids is 1. The molecule has 1 amide bonds. The molecule has 7 heteroatoms. The number of primary amides is 1. The van der Waals surface area contributed by atoms with Gasteiger partial charge in [-0.2, -0.15) is 0 Å². The van der Waals surface area contributed by atoms with E-state index >= 15 is 0 Å². The summed E-state index contributed by atoms with van der Waals surface area (Å²) < 4.78 is 0. The van der Waals surface area contributed by atoms with Crippen molar-refractivity contribution in [1.82, 2.24) is 0 Å². The number of benzene rings is 1. The molecular weight excluding hydrogens is 250 g/mol. The van der Waals surface area contributed by atoms with E-state index in [1.165, 1.54) is 6.07 Å². The number of hydrogen-bond acceptors (Lipinski definition) is 4. The predicted molar refractivity (Wildman–Crippen MR) is 58.6 cm³/mol. The van der Waals surface area contributed by atoms with Crippen molar-refractivity contribution in [2.24, 2.45) is 5.73 Å². The Bertz CT molecular complexity index is 462. The first-order valence-electron chi connectivity index (χ1n) is 4.52. The lowest BCUT2D eigenvalue weighted by atomic mass is 9.98. The second-order valence-electron chi connectivity index (χ2n) is 3.33. The summed E-state index contributed by atoms with van der Waals surface area (Å²) in [7, 11) is 0. The molecule has 1 rings (SSSR count). The largest absolute Gasteiger partial charge is 0.478 e. The SMILES string of the molecule is NC(=O)C(O)C(O)c1cc(Cl)ccc1C(=O)O. The number of carbonyl (C=O) groups is 2. The van der Waals surface area contributed by atoms with Crippen LogP contribution >= 0.6 is 11.6 Å². The van der Waals surface area contributed by atoms with Crippen molar-refractivity contribution in [2.75, 3.05) is 0 Å². The van der Waals surface area contributed by atoms with Crippen LogP contribution in [-0.2, 0) is 4.79 Å². The minimum atomic E-state index is -1.90. The van der Waals surface area contributed by atoms with Gasteiger partial charge in [0.25, 0.3) is 0 Å². The third-order valence-electron chi connectivity index (χ3n) is 2.15. The molecule has 0 saturated heterocycles. The van der Waals surface area contributed by atoms with Crippen LogP contribution in [0.4, 0.5) is 0 Å². The molecule has 17 heavy (non-hydrogen) atoms. The summed E-state index contributed by atoms with van der Waals surface area (Å²) in [6.07, 6.45) is -3.64. The van der Waals surface area contributed by atoms with E-state index in [-0.39, 0.29) is 16.1 Å². The first kappa shape index (κ1) is 13.4. The smallest absolute Gasteiger partial charge is 0.336 e. The summed E-state index contributed by atoms with van der Waals surface area (Å²) in [6, 6.07) is 3.64. The second kappa shape index (κ2) is 5.13. The minimum Gasteiger partial charge on any atom is -0.478 e. The Labute approximate surface area is 101 Å². The first-order chi connectivity index (χ1) is 7.84. The van der Waals surface area contributed by atoms with Gasteiger partial charge in [0.2, 0.25) is 5.91 Å². The zero-order valence-corrected chi connectivity index (χ0v) is 9.26. The summed E-state index contributed by atoms with van der Waals surface area (Å²) >= 11 is 5.65. The van der Waals surface area contributed by atoms with Gasteiger partial charge in [0.1, 0.15) is 6.10 Å². The third kappa shape index (κ3) is 2.94. The topological polar surface area (TPSA) is 121 Å². The molecule has 0 aliphatic rings. The third-order valence-corrected chi connectivity index (χ3v) is 2.39. The lowest BCUT2D eigenvalue weighted by Crippen LogP contribution is -2.34. The van der Waals surface area contributed by atoms with Gasteiger partial charge >= 0.3 is 5.97 Å². The van der Waals surface area contributed by atoms with Crippen LogP contribution in [0.2, 0.25) is 5.02 Å². The van der Waals surface area contributed by atoms with Gasteiger partial charge in [0, 0.05) is 5.02 Å². The second-order valence-corrected chi connectivity index (χ2v) is 3.77. The number of rotatable bonds is 4. The number of aliphatic hydroxyl groups is 2. The fourth-order valence-electron chi connectivity index (χ4n) is 1.30. The number of hydrogen-bond donors (Lipinski definition) is 4. The van der Waals surface area contributed by atoms with Crippen molar-refractivity contribution in [3.63, 3.8) is 0 Å².